The molecule has 0 atom stereocenters. The van der Waals surface area contributed by atoms with Crippen molar-refractivity contribution in [3.8, 4) is 11.4 Å². The average molecular weight is 480 g/mol. The van der Waals surface area contributed by atoms with Crippen LogP contribution >= 0.6 is 11.8 Å². The third kappa shape index (κ3) is 4.41. The van der Waals surface area contributed by atoms with E-state index in [0.29, 0.717) is 35.0 Å². The molecule has 0 saturated heterocycles. The minimum atomic E-state index is -0.519. The van der Waals surface area contributed by atoms with Crippen molar-refractivity contribution in [2.75, 3.05) is 0 Å². The van der Waals surface area contributed by atoms with Crippen molar-refractivity contribution in [3.63, 3.8) is 0 Å². The van der Waals surface area contributed by atoms with E-state index in [4.69, 9.17) is 0 Å². The van der Waals surface area contributed by atoms with Gasteiger partial charge in [-0.25, -0.2) is 9.78 Å². The quantitative estimate of drug-likeness (QED) is 0.288. The molecule has 0 bridgehead atoms. The highest BCUT2D eigenvalue weighted by molar-refractivity contribution is 7.99. The van der Waals surface area contributed by atoms with E-state index in [1.54, 1.807) is 16.7 Å². The Morgan fingerprint density at radius 3 is 2.47 bits per heavy atom. The van der Waals surface area contributed by atoms with E-state index in [-0.39, 0.29) is 11.2 Å². The van der Waals surface area contributed by atoms with Crippen LogP contribution in [0.5, 0.6) is 0 Å². The molecule has 0 spiro atoms. The molecule has 4 aromatic rings. The lowest BCUT2D eigenvalue weighted by Gasteiger charge is -2.08. The Hall–Kier alpha value is -3.66. The van der Waals surface area contributed by atoms with E-state index in [2.05, 4.69) is 9.97 Å². The molecule has 0 aliphatic carbocycles. The molecular weight excluding hydrogens is 454 g/mol. The van der Waals surface area contributed by atoms with Gasteiger partial charge in [0.05, 0.1) is 9.82 Å². The van der Waals surface area contributed by atoms with E-state index in [9.17, 15) is 19.7 Å². The van der Waals surface area contributed by atoms with Crippen molar-refractivity contribution in [1.29, 1.82) is 0 Å². The molecule has 2 heterocycles. The number of fused-ring (bicyclic) bond motifs is 1. The second-order valence-electron chi connectivity index (χ2n) is 7.97. The number of hydrogen-bond acceptors (Lipinski definition) is 6. The number of aromatic nitrogens is 4. The van der Waals surface area contributed by atoms with Crippen LogP contribution in [-0.2, 0) is 13.1 Å². The van der Waals surface area contributed by atoms with E-state index in [1.165, 1.54) is 22.4 Å². The van der Waals surface area contributed by atoms with Crippen molar-refractivity contribution >= 4 is 28.6 Å². The fourth-order valence-electron chi connectivity index (χ4n) is 3.84. The maximum Gasteiger partial charge on any atom is 0.330 e. The van der Waals surface area contributed by atoms with Crippen molar-refractivity contribution < 1.29 is 4.92 Å². The van der Waals surface area contributed by atoms with Crippen LogP contribution in [-0.4, -0.2) is 24.0 Å². The number of rotatable bonds is 8. The lowest BCUT2D eigenvalue weighted by atomic mass is 10.2. The number of H-pyrrole nitrogens is 1. The van der Waals surface area contributed by atoms with Gasteiger partial charge in [0.2, 0.25) is 0 Å². The largest absolute Gasteiger partial charge is 0.330 e. The van der Waals surface area contributed by atoms with E-state index < -0.39 is 16.2 Å². The molecule has 0 radical (unpaired) electrons. The Morgan fingerprint density at radius 2 is 1.82 bits per heavy atom. The molecule has 9 nitrogen and oxygen atoms in total. The van der Waals surface area contributed by atoms with Crippen molar-refractivity contribution in [3.05, 3.63) is 79.0 Å². The molecule has 4 rings (SSSR count). The van der Waals surface area contributed by atoms with Gasteiger partial charge in [-0.2, -0.15) is 0 Å². The normalized spacial score (nSPS) is 11.3. The van der Waals surface area contributed by atoms with Crippen LogP contribution in [0.4, 0.5) is 5.69 Å². The number of benzene rings is 2. The highest BCUT2D eigenvalue weighted by atomic mass is 32.2. The smallest absolute Gasteiger partial charge is 0.318 e. The topological polar surface area (TPSA) is 116 Å². The molecular formula is C24H25N5O4S. The first-order chi connectivity index (χ1) is 16.3. The second kappa shape index (κ2) is 9.68. The molecule has 176 valence electrons. The molecule has 0 unspecified atom stereocenters. The fourth-order valence-corrected chi connectivity index (χ4v) is 4.74. The molecule has 0 amide bonds. The molecule has 34 heavy (non-hydrogen) atoms. The number of nitro benzene ring substituents is 1. The standard InChI is InChI=1S/C24H25N5O4S/c1-4-6-13-28-22-20(23(30)26-24(28)31)27(5-2)21(25-22)16-9-12-19(18(14-16)29(32)33)34-17-10-7-15(3)8-11-17/h7-12,14H,4-6,13H2,1-3H3,(H,26,30,31). The van der Waals surface area contributed by atoms with Gasteiger partial charge in [0.1, 0.15) is 5.82 Å². The maximum absolute atomic E-state index is 12.7. The van der Waals surface area contributed by atoms with Crippen LogP contribution < -0.4 is 11.2 Å². The summed E-state index contributed by atoms with van der Waals surface area (Å²) in [5, 5.41) is 11.9. The second-order valence-corrected chi connectivity index (χ2v) is 9.09. The summed E-state index contributed by atoms with van der Waals surface area (Å²) in [5.74, 6) is 0.411. The Morgan fingerprint density at radius 1 is 1.09 bits per heavy atom. The Balaban J connectivity index is 1.86. The minimum absolute atomic E-state index is 0.0462. The molecule has 0 aliphatic rings. The minimum Gasteiger partial charge on any atom is -0.318 e. The van der Waals surface area contributed by atoms with Crippen LogP contribution in [0.3, 0.4) is 0 Å². The number of nitrogens with zero attached hydrogens (tertiary/aromatic N) is 4. The first kappa shape index (κ1) is 23.5. The van der Waals surface area contributed by atoms with Crippen molar-refractivity contribution in [2.24, 2.45) is 0 Å². The summed E-state index contributed by atoms with van der Waals surface area (Å²) in [4.78, 5) is 45.0. The average Bonchev–Trinajstić information content (AvgIpc) is 3.20. The fraction of sp³-hybridized carbons (Fsp3) is 0.292. The zero-order chi connectivity index (χ0) is 24.4. The van der Waals surface area contributed by atoms with E-state index in [0.717, 1.165) is 23.3 Å². The van der Waals surface area contributed by atoms with Gasteiger partial charge in [-0.1, -0.05) is 42.8 Å². The van der Waals surface area contributed by atoms with Gasteiger partial charge < -0.3 is 4.57 Å². The predicted octanol–water partition coefficient (Wildman–Crippen LogP) is 4.74. The molecule has 0 saturated carbocycles. The first-order valence-corrected chi connectivity index (χ1v) is 11.9. The molecule has 0 aliphatic heterocycles. The van der Waals surface area contributed by atoms with Crippen LogP contribution in [0.2, 0.25) is 0 Å². The first-order valence-electron chi connectivity index (χ1n) is 11.1. The van der Waals surface area contributed by atoms with Crippen molar-refractivity contribution in [1.82, 2.24) is 19.1 Å². The van der Waals surface area contributed by atoms with E-state index >= 15 is 0 Å². The molecule has 10 heteroatoms. The zero-order valence-electron chi connectivity index (χ0n) is 19.2. The van der Waals surface area contributed by atoms with Crippen LogP contribution in [0.25, 0.3) is 22.6 Å². The lowest BCUT2D eigenvalue weighted by molar-refractivity contribution is -0.387. The molecule has 2 aromatic carbocycles. The van der Waals surface area contributed by atoms with Gasteiger partial charge in [0.15, 0.2) is 11.2 Å². The lowest BCUT2D eigenvalue weighted by Crippen LogP contribution is -2.31. The van der Waals surface area contributed by atoms with Gasteiger partial charge in [0, 0.05) is 29.6 Å². The molecule has 2 aromatic heterocycles. The third-order valence-electron chi connectivity index (χ3n) is 5.60. The number of nitro groups is 1. The number of hydrogen-bond donors (Lipinski definition) is 1. The third-order valence-corrected chi connectivity index (χ3v) is 6.67. The Labute approximate surface area is 199 Å². The number of imidazole rings is 1. The summed E-state index contributed by atoms with van der Waals surface area (Å²) in [7, 11) is 0. The van der Waals surface area contributed by atoms with Gasteiger partial charge >= 0.3 is 5.69 Å². The monoisotopic (exact) mass is 479 g/mol. The van der Waals surface area contributed by atoms with Crippen LogP contribution in [0, 0.1) is 17.0 Å². The summed E-state index contributed by atoms with van der Waals surface area (Å²) in [6.07, 6.45) is 1.63. The molecule has 0 fully saturated rings. The summed E-state index contributed by atoms with van der Waals surface area (Å²) in [6, 6.07) is 12.7. The maximum atomic E-state index is 12.7. The van der Waals surface area contributed by atoms with Gasteiger partial charge in [-0.15, -0.1) is 0 Å². The van der Waals surface area contributed by atoms with E-state index in [1.807, 2.05) is 45.0 Å². The van der Waals surface area contributed by atoms with Crippen LogP contribution in [0.1, 0.15) is 32.3 Å². The van der Waals surface area contributed by atoms with Crippen LogP contribution in [0.15, 0.2) is 61.8 Å². The van der Waals surface area contributed by atoms with Crippen molar-refractivity contribution in [2.45, 2.75) is 56.5 Å². The Kier molecular flexibility index (Phi) is 6.69. The summed E-state index contributed by atoms with van der Waals surface area (Å²) < 4.78 is 3.16. The number of aromatic amines is 1. The zero-order valence-corrected chi connectivity index (χ0v) is 20.0. The highest BCUT2D eigenvalue weighted by Gasteiger charge is 2.22. The predicted molar refractivity (Wildman–Crippen MR) is 133 cm³/mol. The summed E-state index contributed by atoms with van der Waals surface area (Å²) in [6.45, 7) is 6.70. The Bertz CT molecular complexity index is 1480. The van der Waals surface area contributed by atoms with Gasteiger partial charge in [-0.3, -0.25) is 24.5 Å². The summed E-state index contributed by atoms with van der Waals surface area (Å²) in [5.41, 5.74) is 1.12. The number of unbranched alkanes of at least 4 members (excludes halogenated alkanes) is 1. The van der Waals surface area contributed by atoms with Gasteiger partial charge in [-0.05, 0) is 44.5 Å². The number of aryl methyl sites for hydroxylation is 3. The summed E-state index contributed by atoms with van der Waals surface area (Å²) >= 11 is 1.32. The SMILES string of the molecule is CCCCn1c(=O)[nH]c(=O)c2c1nc(-c1ccc(Sc3ccc(C)cc3)c([N+](=O)[O-])c1)n2CC. The molecule has 1 N–H and O–H groups in total. The highest BCUT2D eigenvalue weighted by Crippen LogP contribution is 2.37. The number of nitrogens with one attached hydrogen (secondary N) is 1. The van der Waals surface area contributed by atoms with Gasteiger partial charge in [0.25, 0.3) is 11.2 Å².